The Morgan fingerprint density at radius 2 is 2.25 bits per heavy atom. The highest BCUT2D eigenvalue weighted by molar-refractivity contribution is 7.54. The lowest BCUT2D eigenvalue weighted by Gasteiger charge is -2.25. The predicted octanol–water partition coefficient (Wildman–Crippen LogP) is 1.81. The highest BCUT2D eigenvalue weighted by Crippen LogP contribution is 2.53. The van der Waals surface area contributed by atoms with Gasteiger partial charge in [0.1, 0.15) is 13.6 Å². The molecule has 1 unspecified atom stereocenters. The molecule has 0 amide bonds. The first-order valence-electron chi connectivity index (χ1n) is 5.32. The summed E-state index contributed by atoms with van der Waals surface area (Å²) in [6.45, 7) is 0.890. The number of hydrogen-bond acceptors (Lipinski definition) is 4. The van der Waals surface area contributed by atoms with E-state index in [1.807, 2.05) is 26.0 Å². The molecule has 0 aromatic heterocycles. The Hall–Kier alpha value is -0.765. The summed E-state index contributed by atoms with van der Waals surface area (Å²) >= 11 is 0. The quantitative estimate of drug-likeness (QED) is 0.457. The van der Waals surface area contributed by atoms with E-state index in [1.54, 1.807) is 6.07 Å². The van der Waals surface area contributed by atoms with Gasteiger partial charge in [-0.25, -0.2) is 4.57 Å². The number of hydrogen-bond donors (Lipinski definition) is 0. The van der Waals surface area contributed by atoms with Crippen LogP contribution in [0.3, 0.4) is 0 Å². The maximum absolute atomic E-state index is 12.1. The van der Waals surface area contributed by atoms with Gasteiger partial charge in [0.15, 0.2) is 6.35 Å². The molecule has 0 N–H and O–H groups in total. The Kier molecular flexibility index (Phi) is 3.69. The summed E-state index contributed by atoms with van der Waals surface area (Å²) in [5, 5.41) is 0. The first-order valence-corrected chi connectivity index (χ1v) is 7.05. The van der Waals surface area contributed by atoms with E-state index < -0.39 is 7.60 Å². The van der Waals surface area contributed by atoms with E-state index in [4.69, 9.17) is 13.8 Å². The highest BCUT2D eigenvalue weighted by Gasteiger charge is 2.31. The average molecular weight is 240 g/mol. The molecule has 0 saturated carbocycles. The van der Waals surface area contributed by atoms with Crippen molar-refractivity contribution in [2.75, 3.05) is 13.0 Å². The van der Waals surface area contributed by atoms with Crippen LogP contribution >= 0.6 is 7.60 Å². The molecule has 0 bridgehead atoms. The van der Waals surface area contributed by atoms with Gasteiger partial charge < -0.3 is 9.26 Å². The van der Waals surface area contributed by atoms with Gasteiger partial charge in [-0.05, 0) is 6.07 Å². The summed E-state index contributed by atoms with van der Waals surface area (Å²) in [6.07, 6.45) is 0.908. The zero-order chi connectivity index (χ0) is 11.4. The number of ether oxygens (including phenoxy) is 1. The molecule has 1 aromatic carbocycles. The van der Waals surface area contributed by atoms with Crippen LogP contribution in [0.5, 0.6) is 5.75 Å². The molecule has 0 radical (unpaired) electrons. The fourth-order valence-electron chi connectivity index (χ4n) is 1.44. The van der Waals surface area contributed by atoms with Crippen LogP contribution in [0, 0.1) is 0 Å². The van der Waals surface area contributed by atoms with Crippen molar-refractivity contribution in [1.29, 1.82) is 0 Å². The van der Waals surface area contributed by atoms with Gasteiger partial charge in [-0.15, -0.1) is 0 Å². The summed E-state index contributed by atoms with van der Waals surface area (Å²) in [4.78, 5) is 0. The van der Waals surface area contributed by atoms with Crippen LogP contribution in [0.2, 0.25) is 6.32 Å². The van der Waals surface area contributed by atoms with Gasteiger partial charge in [0.2, 0.25) is 0 Å². The van der Waals surface area contributed by atoms with Crippen molar-refractivity contribution >= 4 is 15.4 Å². The number of benzene rings is 1. The molecule has 2 rings (SSSR count). The molecule has 1 heterocycles. The molecule has 4 nitrogen and oxygen atoms in total. The Bertz CT molecular complexity index is 410. The van der Waals surface area contributed by atoms with E-state index >= 15 is 0 Å². The van der Waals surface area contributed by atoms with Crippen LogP contribution in [0.25, 0.3) is 0 Å². The number of fused-ring (bicyclic) bond motifs is 1. The minimum atomic E-state index is -3.10. The molecule has 0 spiro atoms. The van der Waals surface area contributed by atoms with E-state index in [-0.39, 0.29) is 6.35 Å². The first kappa shape index (κ1) is 11.7. The smallest absolute Gasteiger partial charge is 0.405 e. The lowest BCUT2D eigenvalue weighted by Crippen LogP contribution is -2.11. The van der Waals surface area contributed by atoms with Gasteiger partial charge in [-0.2, -0.15) is 0 Å². The predicted molar refractivity (Wildman–Crippen MR) is 63.6 cm³/mol. The highest BCUT2D eigenvalue weighted by atomic mass is 31.2. The van der Waals surface area contributed by atoms with Crippen molar-refractivity contribution in [3.8, 4) is 5.75 Å². The van der Waals surface area contributed by atoms with Gasteiger partial charge in [0.25, 0.3) is 0 Å². The van der Waals surface area contributed by atoms with Crippen molar-refractivity contribution < 1.29 is 18.3 Å². The second kappa shape index (κ2) is 5.04. The zero-order valence-electron chi connectivity index (χ0n) is 9.22. The summed E-state index contributed by atoms with van der Waals surface area (Å²) in [6, 6.07) is 7.44. The van der Waals surface area contributed by atoms with E-state index in [0.717, 1.165) is 11.9 Å². The monoisotopic (exact) mass is 240 g/mol. The van der Waals surface area contributed by atoms with Gasteiger partial charge in [0.05, 0.1) is 6.61 Å². The van der Waals surface area contributed by atoms with Crippen LogP contribution in [-0.4, -0.2) is 20.8 Å². The maximum Gasteiger partial charge on any atom is 0.405 e. The second-order valence-electron chi connectivity index (χ2n) is 3.62. The maximum atomic E-state index is 12.1. The Morgan fingerprint density at radius 3 is 3.06 bits per heavy atom. The minimum absolute atomic E-state index is 0.0230. The lowest BCUT2D eigenvalue weighted by molar-refractivity contribution is 0.148. The average Bonchev–Trinajstić information content (AvgIpc) is 2.29. The Morgan fingerprint density at radius 1 is 1.44 bits per heavy atom. The third-order valence-electron chi connectivity index (χ3n) is 2.22. The van der Waals surface area contributed by atoms with Crippen molar-refractivity contribution in [2.24, 2.45) is 0 Å². The van der Waals surface area contributed by atoms with Gasteiger partial charge in [-0.1, -0.05) is 24.5 Å². The van der Waals surface area contributed by atoms with Crippen molar-refractivity contribution in [1.82, 2.24) is 0 Å². The van der Waals surface area contributed by atoms with Crippen LogP contribution in [0.1, 0.15) is 5.56 Å². The first-order chi connectivity index (χ1) is 7.73. The summed E-state index contributed by atoms with van der Waals surface area (Å²) < 4.78 is 27.9. The topological polar surface area (TPSA) is 44.8 Å². The fraction of sp³-hybridized carbons (Fsp3) is 0.400. The molecule has 1 atom stereocenters. The molecule has 0 aliphatic carbocycles. The van der Waals surface area contributed by atoms with E-state index in [2.05, 4.69) is 0 Å². The third-order valence-corrected chi connectivity index (χ3v) is 3.72. The SMILES string of the molecule is BCCOCP1(=O)OCc2ccccc2O1. The van der Waals surface area contributed by atoms with Crippen molar-refractivity contribution in [2.45, 2.75) is 12.9 Å². The van der Waals surface area contributed by atoms with Gasteiger partial charge >= 0.3 is 7.60 Å². The molecule has 6 heteroatoms. The third kappa shape index (κ3) is 2.67. The van der Waals surface area contributed by atoms with Gasteiger partial charge in [0, 0.05) is 12.2 Å². The molecule has 86 valence electrons. The number of rotatable bonds is 4. The van der Waals surface area contributed by atoms with Crippen LogP contribution in [-0.2, 0) is 20.4 Å². The van der Waals surface area contributed by atoms with E-state index in [1.165, 1.54) is 0 Å². The summed E-state index contributed by atoms with van der Waals surface area (Å²) in [7, 11) is -1.10. The molecule has 16 heavy (non-hydrogen) atoms. The van der Waals surface area contributed by atoms with Crippen LogP contribution in [0.15, 0.2) is 24.3 Å². The van der Waals surface area contributed by atoms with Crippen LogP contribution in [0.4, 0.5) is 0 Å². The fourth-order valence-corrected chi connectivity index (χ4v) is 2.79. The molecular formula is C10H14BO4P. The van der Waals surface area contributed by atoms with Crippen molar-refractivity contribution in [3.05, 3.63) is 29.8 Å². The van der Waals surface area contributed by atoms with E-state index in [9.17, 15) is 4.57 Å². The summed E-state index contributed by atoms with van der Waals surface area (Å²) in [5.41, 5.74) is 0.921. The lowest BCUT2D eigenvalue weighted by atomic mass is 10.1. The largest absolute Gasteiger partial charge is 0.422 e. The zero-order valence-corrected chi connectivity index (χ0v) is 10.1. The Labute approximate surface area is 95.8 Å². The second-order valence-corrected chi connectivity index (χ2v) is 5.54. The molecule has 0 saturated heterocycles. The number of para-hydroxylation sites is 1. The van der Waals surface area contributed by atoms with Gasteiger partial charge in [-0.3, -0.25) is 4.52 Å². The van der Waals surface area contributed by atoms with Crippen molar-refractivity contribution in [3.63, 3.8) is 0 Å². The minimum Gasteiger partial charge on any atom is -0.422 e. The standard InChI is InChI=1S/C10H14BO4P/c11-5-6-13-8-16(12)14-7-9-3-1-2-4-10(9)15-16/h1-4H,5-8,11H2. The van der Waals surface area contributed by atoms with E-state index in [0.29, 0.717) is 19.0 Å². The molecule has 1 aromatic rings. The molecule has 1 aliphatic rings. The molecule has 1 aliphatic heterocycles. The normalized spacial score (nSPS) is 23.5. The molecule has 0 fully saturated rings. The summed E-state index contributed by atoms with van der Waals surface area (Å²) in [5.74, 6) is 0.636. The Balaban J connectivity index is 2.03. The molecular weight excluding hydrogens is 226 g/mol. The van der Waals surface area contributed by atoms with Crippen LogP contribution < -0.4 is 4.52 Å².